The van der Waals surface area contributed by atoms with E-state index in [2.05, 4.69) is 16.6 Å². The first-order chi connectivity index (χ1) is 18.7. The zero-order valence-corrected chi connectivity index (χ0v) is 23.1. The van der Waals surface area contributed by atoms with E-state index in [1.54, 1.807) is 18.3 Å². The standard InChI is InChI=1S/C30H23Cl2N3O3S/c1-20-10-12-26(13-11-20)39(37,38)35(25-16-23(31)15-24(32)17-25)19-30(36)34-33-18-29-27-8-4-2-6-21(27)14-22-7-3-5-9-28(22)29/h2-18H,19H2,1H3,(H,34,36)/b33-18-. The van der Waals surface area contributed by atoms with Crippen molar-refractivity contribution in [3.8, 4) is 0 Å². The van der Waals surface area contributed by atoms with Crippen LogP contribution in [0.15, 0.2) is 107 Å². The van der Waals surface area contributed by atoms with E-state index in [0.29, 0.717) is 0 Å². The molecule has 0 spiro atoms. The van der Waals surface area contributed by atoms with Crippen LogP contribution in [0.3, 0.4) is 0 Å². The van der Waals surface area contributed by atoms with E-state index in [1.165, 1.54) is 30.3 Å². The molecule has 0 saturated carbocycles. The van der Waals surface area contributed by atoms with Crippen LogP contribution in [0.4, 0.5) is 5.69 Å². The number of amides is 1. The summed E-state index contributed by atoms with van der Waals surface area (Å²) in [6, 6.07) is 28.7. The predicted molar refractivity (Wildman–Crippen MR) is 159 cm³/mol. The molecule has 0 bridgehead atoms. The van der Waals surface area contributed by atoms with Gasteiger partial charge in [0, 0.05) is 15.6 Å². The highest BCUT2D eigenvalue weighted by atomic mass is 35.5. The minimum Gasteiger partial charge on any atom is -0.271 e. The van der Waals surface area contributed by atoms with Gasteiger partial charge in [-0.1, -0.05) is 89.4 Å². The number of hydrogen-bond acceptors (Lipinski definition) is 4. The second kappa shape index (κ2) is 11.1. The zero-order chi connectivity index (χ0) is 27.6. The lowest BCUT2D eigenvalue weighted by Crippen LogP contribution is -2.39. The van der Waals surface area contributed by atoms with Gasteiger partial charge in [-0.3, -0.25) is 9.10 Å². The summed E-state index contributed by atoms with van der Waals surface area (Å²) in [4.78, 5) is 13.1. The first-order valence-electron chi connectivity index (χ1n) is 12.0. The highest BCUT2D eigenvalue weighted by Crippen LogP contribution is 2.30. The number of rotatable bonds is 7. The molecule has 39 heavy (non-hydrogen) atoms. The lowest BCUT2D eigenvalue weighted by molar-refractivity contribution is -0.119. The van der Waals surface area contributed by atoms with Gasteiger partial charge in [0.25, 0.3) is 15.9 Å². The Morgan fingerprint density at radius 1 is 0.846 bits per heavy atom. The van der Waals surface area contributed by atoms with Crippen LogP contribution in [0, 0.1) is 6.92 Å². The Bertz CT molecular complexity index is 1760. The minimum atomic E-state index is -4.13. The van der Waals surface area contributed by atoms with E-state index in [4.69, 9.17) is 23.2 Å². The van der Waals surface area contributed by atoms with Crippen LogP contribution in [0.5, 0.6) is 0 Å². The number of hydrazone groups is 1. The van der Waals surface area contributed by atoms with Crippen LogP contribution in [-0.4, -0.2) is 27.1 Å². The number of sulfonamides is 1. The Labute approximate surface area is 236 Å². The molecule has 0 aliphatic rings. The number of fused-ring (bicyclic) bond motifs is 2. The highest BCUT2D eigenvalue weighted by Gasteiger charge is 2.27. The average molecular weight is 577 g/mol. The van der Waals surface area contributed by atoms with Gasteiger partial charge in [0.05, 0.1) is 16.8 Å². The molecule has 0 fully saturated rings. The lowest BCUT2D eigenvalue weighted by atomic mass is 9.97. The Morgan fingerprint density at radius 3 is 2.00 bits per heavy atom. The fourth-order valence-corrected chi connectivity index (χ4v) is 6.28. The summed E-state index contributed by atoms with van der Waals surface area (Å²) in [5.41, 5.74) is 4.39. The smallest absolute Gasteiger partial charge is 0.264 e. The molecule has 0 aliphatic heterocycles. The van der Waals surface area contributed by atoms with Crippen molar-refractivity contribution in [1.82, 2.24) is 5.43 Å². The molecule has 0 unspecified atom stereocenters. The molecule has 5 aromatic rings. The van der Waals surface area contributed by atoms with Crippen LogP contribution in [0.2, 0.25) is 10.0 Å². The molecule has 1 N–H and O–H groups in total. The molecule has 196 valence electrons. The summed E-state index contributed by atoms with van der Waals surface area (Å²) in [6.07, 6.45) is 1.58. The van der Waals surface area contributed by atoms with Crippen LogP contribution in [0.1, 0.15) is 11.1 Å². The normalized spacial score (nSPS) is 11.8. The number of nitrogens with one attached hydrogen (secondary N) is 1. The van der Waals surface area contributed by atoms with Gasteiger partial charge < -0.3 is 0 Å². The third kappa shape index (κ3) is 5.76. The third-order valence-electron chi connectivity index (χ3n) is 6.23. The second-order valence-corrected chi connectivity index (χ2v) is 11.7. The third-order valence-corrected chi connectivity index (χ3v) is 8.45. The Morgan fingerprint density at radius 2 is 1.41 bits per heavy atom. The van der Waals surface area contributed by atoms with Crippen LogP contribution in [-0.2, 0) is 14.8 Å². The van der Waals surface area contributed by atoms with Crippen molar-refractivity contribution in [3.05, 3.63) is 118 Å². The number of carbonyl (C=O) groups is 1. The largest absolute Gasteiger partial charge is 0.271 e. The van der Waals surface area contributed by atoms with Crippen molar-refractivity contribution in [3.63, 3.8) is 0 Å². The summed E-state index contributed by atoms with van der Waals surface area (Å²) in [5, 5.41) is 8.70. The highest BCUT2D eigenvalue weighted by molar-refractivity contribution is 7.92. The number of anilines is 1. The predicted octanol–water partition coefficient (Wildman–Crippen LogP) is 6.95. The molecule has 9 heteroatoms. The number of aryl methyl sites for hydroxylation is 1. The van der Waals surface area contributed by atoms with Gasteiger partial charge >= 0.3 is 0 Å². The fraction of sp³-hybridized carbons (Fsp3) is 0.0667. The van der Waals surface area contributed by atoms with Crippen molar-refractivity contribution in [2.75, 3.05) is 10.8 Å². The number of carbonyl (C=O) groups excluding carboxylic acids is 1. The van der Waals surface area contributed by atoms with Crippen molar-refractivity contribution in [2.24, 2.45) is 5.10 Å². The van der Waals surface area contributed by atoms with Crippen LogP contribution in [0.25, 0.3) is 21.5 Å². The molecule has 0 heterocycles. The molecular formula is C30H23Cl2N3O3S. The van der Waals surface area contributed by atoms with Gasteiger partial charge in [0.15, 0.2) is 0 Å². The average Bonchev–Trinajstić information content (AvgIpc) is 2.91. The van der Waals surface area contributed by atoms with Crippen molar-refractivity contribution < 1.29 is 13.2 Å². The number of benzene rings is 5. The zero-order valence-electron chi connectivity index (χ0n) is 20.8. The second-order valence-electron chi connectivity index (χ2n) is 8.98. The summed E-state index contributed by atoms with van der Waals surface area (Å²) < 4.78 is 28.2. The fourth-order valence-electron chi connectivity index (χ4n) is 4.36. The molecule has 0 aromatic heterocycles. The molecule has 0 atom stereocenters. The Hall–Kier alpha value is -3.91. The van der Waals surface area contributed by atoms with E-state index in [9.17, 15) is 13.2 Å². The molecule has 1 amide bonds. The first-order valence-corrected chi connectivity index (χ1v) is 14.2. The van der Waals surface area contributed by atoms with Crippen molar-refractivity contribution in [2.45, 2.75) is 11.8 Å². The van der Waals surface area contributed by atoms with E-state index < -0.39 is 22.5 Å². The summed E-state index contributed by atoms with van der Waals surface area (Å²) in [7, 11) is -4.13. The van der Waals surface area contributed by atoms with Gasteiger partial charge in [-0.15, -0.1) is 0 Å². The van der Waals surface area contributed by atoms with Crippen molar-refractivity contribution in [1.29, 1.82) is 0 Å². The van der Waals surface area contributed by atoms with Gasteiger partial charge in [-0.05, 0) is 64.9 Å². The lowest BCUT2D eigenvalue weighted by Gasteiger charge is -2.24. The maximum Gasteiger partial charge on any atom is 0.264 e. The molecular weight excluding hydrogens is 553 g/mol. The van der Waals surface area contributed by atoms with E-state index >= 15 is 0 Å². The molecule has 6 nitrogen and oxygen atoms in total. The maximum absolute atomic E-state index is 13.6. The number of nitrogens with zero attached hydrogens (tertiary/aromatic N) is 2. The summed E-state index contributed by atoms with van der Waals surface area (Å²) in [6.45, 7) is 1.32. The van der Waals surface area contributed by atoms with Gasteiger partial charge in [-0.25, -0.2) is 13.8 Å². The van der Waals surface area contributed by atoms with Gasteiger partial charge in [-0.2, -0.15) is 5.10 Å². The summed E-state index contributed by atoms with van der Waals surface area (Å²) >= 11 is 12.3. The maximum atomic E-state index is 13.6. The van der Waals surface area contributed by atoms with Crippen LogP contribution < -0.4 is 9.73 Å². The molecule has 5 aromatic carbocycles. The van der Waals surface area contributed by atoms with Crippen molar-refractivity contribution >= 4 is 72.6 Å². The first kappa shape index (κ1) is 26.7. The quantitative estimate of drug-likeness (QED) is 0.129. The Balaban J connectivity index is 1.46. The topological polar surface area (TPSA) is 78.8 Å². The number of halogens is 2. The molecule has 5 rings (SSSR count). The van der Waals surface area contributed by atoms with E-state index in [0.717, 1.165) is 37.0 Å². The SMILES string of the molecule is Cc1ccc(S(=O)(=O)N(CC(=O)N/N=C\c2c3ccccc3cc3ccccc23)c2cc(Cl)cc(Cl)c2)cc1. The van der Waals surface area contributed by atoms with Gasteiger partial charge in [0.1, 0.15) is 6.54 Å². The monoisotopic (exact) mass is 575 g/mol. The molecule has 0 radical (unpaired) electrons. The minimum absolute atomic E-state index is 0.0303. The van der Waals surface area contributed by atoms with Gasteiger partial charge in [0.2, 0.25) is 0 Å². The van der Waals surface area contributed by atoms with Crippen LogP contribution >= 0.6 is 23.2 Å². The number of hydrogen-bond donors (Lipinski definition) is 1. The van der Waals surface area contributed by atoms with E-state index in [1.807, 2.05) is 55.5 Å². The van der Waals surface area contributed by atoms with E-state index in [-0.39, 0.29) is 20.6 Å². The molecule has 0 saturated heterocycles. The Kier molecular flexibility index (Phi) is 7.57. The summed E-state index contributed by atoms with van der Waals surface area (Å²) in [5.74, 6) is -0.637. The molecule has 0 aliphatic carbocycles.